The van der Waals surface area contributed by atoms with E-state index in [0.29, 0.717) is 12.2 Å². The average Bonchev–Trinajstić information content (AvgIpc) is 3.25. The maximum Gasteiger partial charge on any atom is 0.270 e. The highest BCUT2D eigenvalue weighted by molar-refractivity contribution is 7.09. The molecule has 0 radical (unpaired) electrons. The molecular weight excluding hydrogens is 336 g/mol. The predicted molar refractivity (Wildman–Crippen MR) is 94.8 cm³/mol. The Morgan fingerprint density at radius 3 is 2.92 bits per heavy atom. The van der Waals surface area contributed by atoms with Crippen LogP contribution < -0.4 is 10.1 Å². The summed E-state index contributed by atoms with van der Waals surface area (Å²) >= 11 is 1.47. The molecule has 0 spiro atoms. The van der Waals surface area contributed by atoms with E-state index in [-0.39, 0.29) is 12.0 Å². The summed E-state index contributed by atoms with van der Waals surface area (Å²) in [4.78, 5) is 24.4. The summed E-state index contributed by atoms with van der Waals surface area (Å²) in [7, 11) is 0. The van der Waals surface area contributed by atoms with Crippen LogP contribution in [0.5, 0.6) is 5.75 Å². The van der Waals surface area contributed by atoms with E-state index in [1.165, 1.54) is 17.7 Å². The first-order chi connectivity index (χ1) is 12.2. The highest BCUT2D eigenvalue weighted by Crippen LogP contribution is 2.32. The van der Waals surface area contributed by atoms with E-state index in [0.717, 1.165) is 33.9 Å². The molecule has 1 unspecified atom stereocenters. The van der Waals surface area contributed by atoms with Crippen molar-refractivity contribution in [2.75, 3.05) is 6.54 Å². The van der Waals surface area contributed by atoms with Gasteiger partial charge in [0.2, 0.25) is 0 Å². The van der Waals surface area contributed by atoms with Gasteiger partial charge in [-0.3, -0.25) is 4.79 Å². The molecule has 1 amide bonds. The van der Waals surface area contributed by atoms with Crippen LogP contribution in [0.25, 0.3) is 11.1 Å². The second-order valence-corrected chi connectivity index (χ2v) is 6.92. The van der Waals surface area contributed by atoms with Crippen LogP contribution in [0.1, 0.15) is 21.1 Å². The number of nitrogens with one attached hydrogen (secondary N) is 1. The molecule has 25 heavy (non-hydrogen) atoms. The van der Waals surface area contributed by atoms with Crippen molar-refractivity contribution in [3.05, 3.63) is 58.6 Å². The quantitative estimate of drug-likeness (QED) is 0.781. The molecule has 1 aliphatic rings. The number of fused-ring (bicyclic) bond motifs is 1. The van der Waals surface area contributed by atoms with Crippen LogP contribution >= 0.6 is 11.3 Å². The van der Waals surface area contributed by atoms with Gasteiger partial charge < -0.3 is 10.1 Å². The minimum absolute atomic E-state index is 0.0686. The summed E-state index contributed by atoms with van der Waals surface area (Å²) in [6.45, 7) is 2.33. The molecule has 1 aliphatic heterocycles. The lowest BCUT2D eigenvalue weighted by atomic mass is 10.0. The molecule has 0 saturated carbocycles. The maximum atomic E-state index is 12.1. The van der Waals surface area contributed by atoms with Gasteiger partial charge in [0.05, 0.1) is 11.6 Å². The second kappa shape index (κ2) is 6.60. The van der Waals surface area contributed by atoms with Crippen molar-refractivity contribution in [2.24, 2.45) is 0 Å². The lowest BCUT2D eigenvalue weighted by Crippen LogP contribution is -2.34. The fourth-order valence-electron chi connectivity index (χ4n) is 2.83. The molecular formula is C18H16N4O2S. The zero-order chi connectivity index (χ0) is 17.2. The molecule has 3 heterocycles. The van der Waals surface area contributed by atoms with Crippen molar-refractivity contribution in [1.82, 2.24) is 20.3 Å². The number of aromatic nitrogens is 3. The van der Waals surface area contributed by atoms with Gasteiger partial charge in [-0.25, -0.2) is 15.0 Å². The average molecular weight is 352 g/mol. The van der Waals surface area contributed by atoms with Crippen molar-refractivity contribution in [3.8, 4) is 16.9 Å². The second-order valence-electron chi connectivity index (χ2n) is 5.86. The maximum absolute atomic E-state index is 12.1. The summed E-state index contributed by atoms with van der Waals surface area (Å²) in [6.07, 6.45) is 5.78. The largest absolute Gasteiger partial charge is 0.488 e. The number of aryl methyl sites for hydroxylation is 1. The number of nitrogens with zero attached hydrogens (tertiary/aromatic N) is 3. The molecule has 2 aromatic heterocycles. The lowest BCUT2D eigenvalue weighted by Gasteiger charge is -2.11. The molecule has 0 bridgehead atoms. The Hall–Kier alpha value is -2.80. The Kier molecular flexibility index (Phi) is 4.15. The van der Waals surface area contributed by atoms with Gasteiger partial charge in [0, 0.05) is 29.8 Å². The van der Waals surface area contributed by atoms with Crippen molar-refractivity contribution in [1.29, 1.82) is 0 Å². The SMILES string of the molecule is Cc1nc(C(=O)NCC2Cc3cc(-c4cncnc4)ccc3O2)cs1. The van der Waals surface area contributed by atoms with E-state index in [4.69, 9.17) is 4.74 Å². The molecule has 3 aromatic rings. The third-order valence-corrected chi connectivity index (χ3v) is 4.81. The van der Waals surface area contributed by atoms with Crippen molar-refractivity contribution in [2.45, 2.75) is 19.4 Å². The molecule has 1 atom stereocenters. The normalized spacial score (nSPS) is 15.5. The van der Waals surface area contributed by atoms with Crippen LogP contribution in [-0.2, 0) is 6.42 Å². The topological polar surface area (TPSA) is 77.0 Å². The Bertz CT molecular complexity index is 910. The summed E-state index contributed by atoms with van der Waals surface area (Å²) in [5.41, 5.74) is 3.63. The summed E-state index contributed by atoms with van der Waals surface area (Å²) in [5.74, 6) is 0.704. The molecule has 6 nitrogen and oxygen atoms in total. The molecule has 126 valence electrons. The number of thiazole rings is 1. The molecule has 7 heteroatoms. The van der Waals surface area contributed by atoms with Gasteiger partial charge in [0.1, 0.15) is 23.9 Å². The zero-order valence-corrected chi connectivity index (χ0v) is 14.4. The van der Waals surface area contributed by atoms with Gasteiger partial charge in [0.25, 0.3) is 5.91 Å². The van der Waals surface area contributed by atoms with Crippen LogP contribution in [-0.4, -0.2) is 33.5 Å². The smallest absolute Gasteiger partial charge is 0.270 e. The number of ether oxygens (including phenoxy) is 1. The van der Waals surface area contributed by atoms with E-state index in [9.17, 15) is 4.79 Å². The van der Waals surface area contributed by atoms with Crippen LogP contribution in [0.15, 0.2) is 42.3 Å². The van der Waals surface area contributed by atoms with Crippen LogP contribution in [0.3, 0.4) is 0 Å². The molecule has 4 rings (SSSR count). The van der Waals surface area contributed by atoms with Crippen LogP contribution in [0.2, 0.25) is 0 Å². The van der Waals surface area contributed by atoms with E-state index in [1.807, 2.05) is 19.1 Å². The fraction of sp³-hybridized carbons (Fsp3) is 0.222. The van der Waals surface area contributed by atoms with Crippen molar-refractivity contribution < 1.29 is 9.53 Å². The van der Waals surface area contributed by atoms with E-state index in [2.05, 4.69) is 26.3 Å². The number of carbonyl (C=O) groups is 1. The third-order valence-electron chi connectivity index (χ3n) is 4.04. The van der Waals surface area contributed by atoms with Crippen LogP contribution in [0, 0.1) is 6.92 Å². The zero-order valence-electron chi connectivity index (χ0n) is 13.6. The molecule has 1 N–H and O–H groups in total. The predicted octanol–water partition coefficient (Wildman–Crippen LogP) is 2.64. The van der Waals surface area contributed by atoms with E-state index < -0.39 is 0 Å². The first kappa shape index (κ1) is 15.7. The fourth-order valence-corrected chi connectivity index (χ4v) is 3.42. The van der Waals surface area contributed by atoms with Gasteiger partial charge in [-0.15, -0.1) is 11.3 Å². The summed E-state index contributed by atoms with van der Waals surface area (Å²) in [5, 5.41) is 5.54. The third kappa shape index (κ3) is 3.36. The van der Waals surface area contributed by atoms with Crippen molar-refractivity contribution >= 4 is 17.2 Å². The molecule has 0 aliphatic carbocycles. The standard InChI is InChI=1S/C18H16N4O2S/c1-11-22-16(9-25-11)18(23)21-8-15-5-13-4-12(2-3-17(13)24-15)14-6-19-10-20-7-14/h2-4,6-7,9-10,15H,5,8H2,1H3,(H,21,23). The minimum Gasteiger partial charge on any atom is -0.488 e. The highest BCUT2D eigenvalue weighted by atomic mass is 32.1. The number of rotatable bonds is 4. The first-order valence-corrected chi connectivity index (χ1v) is 8.82. The molecule has 1 aromatic carbocycles. The van der Waals surface area contributed by atoms with Gasteiger partial charge in [-0.05, 0) is 30.2 Å². The number of hydrogen-bond acceptors (Lipinski definition) is 6. The first-order valence-electron chi connectivity index (χ1n) is 7.94. The van der Waals surface area contributed by atoms with E-state index >= 15 is 0 Å². The Labute approximate surface area is 148 Å². The summed E-state index contributed by atoms with van der Waals surface area (Å²) in [6, 6.07) is 6.06. The highest BCUT2D eigenvalue weighted by Gasteiger charge is 2.24. The van der Waals surface area contributed by atoms with Crippen molar-refractivity contribution in [3.63, 3.8) is 0 Å². The minimum atomic E-state index is -0.161. The Morgan fingerprint density at radius 1 is 1.32 bits per heavy atom. The van der Waals surface area contributed by atoms with Gasteiger partial charge in [-0.2, -0.15) is 0 Å². The van der Waals surface area contributed by atoms with Gasteiger partial charge in [0.15, 0.2) is 0 Å². The number of carbonyl (C=O) groups excluding carboxylic acids is 1. The number of amides is 1. The van der Waals surface area contributed by atoms with Gasteiger partial charge >= 0.3 is 0 Å². The number of hydrogen-bond donors (Lipinski definition) is 1. The Balaban J connectivity index is 1.40. The molecule has 0 fully saturated rings. The summed E-state index contributed by atoms with van der Waals surface area (Å²) < 4.78 is 5.93. The van der Waals surface area contributed by atoms with E-state index in [1.54, 1.807) is 17.8 Å². The van der Waals surface area contributed by atoms with Gasteiger partial charge in [-0.1, -0.05) is 6.07 Å². The monoisotopic (exact) mass is 352 g/mol. The lowest BCUT2D eigenvalue weighted by molar-refractivity contribution is 0.0929. The number of benzene rings is 1. The Morgan fingerprint density at radius 2 is 2.16 bits per heavy atom. The van der Waals surface area contributed by atoms with Crippen LogP contribution in [0.4, 0.5) is 0 Å². The molecule has 0 saturated heterocycles.